The first-order valence-corrected chi connectivity index (χ1v) is 9.62. The molecule has 2 rings (SSSR count). The first kappa shape index (κ1) is 23.2. The molecule has 0 saturated carbocycles. The van der Waals surface area contributed by atoms with Crippen LogP contribution in [0.2, 0.25) is 0 Å². The normalized spacial score (nSPS) is 34.4. The Labute approximate surface area is 165 Å². The fraction of sp³-hybridized carbons (Fsp3) is 0.750. The van der Waals surface area contributed by atoms with Crippen LogP contribution in [0.3, 0.4) is 0 Å². The highest BCUT2D eigenvalue weighted by Crippen LogP contribution is 2.29. The maximum absolute atomic E-state index is 11.9. The van der Waals surface area contributed by atoms with Gasteiger partial charge < -0.3 is 40.7 Å². The third-order valence-corrected chi connectivity index (χ3v) is 5.66. The topological polar surface area (TPSA) is 183 Å². The number of ether oxygens (including phenoxy) is 2. The number of hydrogen-bond acceptors (Lipinski definition) is 11. The van der Waals surface area contributed by atoms with Gasteiger partial charge in [-0.1, -0.05) is 0 Å². The molecular formula is C16H26N2O9S. The quantitative estimate of drug-likeness (QED) is 0.213. The molecule has 8 atom stereocenters. The maximum Gasteiger partial charge on any atom is 0.267 e. The van der Waals surface area contributed by atoms with E-state index in [4.69, 9.17) is 15.2 Å². The molecule has 0 aliphatic carbocycles. The molecule has 0 aromatic heterocycles. The van der Waals surface area contributed by atoms with Gasteiger partial charge in [0.1, 0.15) is 18.3 Å². The van der Waals surface area contributed by atoms with E-state index in [1.807, 2.05) is 0 Å². The van der Waals surface area contributed by atoms with E-state index in [1.54, 1.807) is 0 Å². The number of imide groups is 1. The van der Waals surface area contributed by atoms with Crippen molar-refractivity contribution >= 4 is 23.6 Å². The SMILES string of the molecule is C[C@@H](O)[C@@H](O)[C@@H](N)CO[C@H]1OC(CSC2=CC(=O)N(C)C2=O)[C@H](O)C(O)C1O. The Morgan fingerprint density at radius 1 is 1.25 bits per heavy atom. The van der Waals surface area contributed by atoms with Crippen molar-refractivity contribution in [3.8, 4) is 0 Å². The number of carbonyl (C=O) groups excluding carboxylic acids is 2. The van der Waals surface area contributed by atoms with Crippen LogP contribution in [0.5, 0.6) is 0 Å². The number of thioether (sulfide) groups is 1. The van der Waals surface area contributed by atoms with Gasteiger partial charge >= 0.3 is 0 Å². The van der Waals surface area contributed by atoms with Crippen LogP contribution in [0.15, 0.2) is 11.0 Å². The molecular weight excluding hydrogens is 396 g/mol. The zero-order valence-electron chi connectivity index (χ0n) is 15.4. The zero-order chi connectivity index (χ0) is 21.2. The summed E-state index contributed by atoms with van der Waals surface area (Å²) in [5.41, 5.74) is 5.69. The standard InChI is InChI=1S/C16H26N2O9S/c1-6(19)11(21)7(17)4-26-16-14(24)13(23)12(22)8(27-16)5-28-9-3-10(20)18(2)15(9)25/h3,6-8,11-14,16,19,21-24H,4-5,17H2,1-2H3/t6-,7+,8?,11-,12+,13?,14?,16+/m1/s1. The Morgan fingerprint density at radius 3 is 2.43 bits per heavy atom. The summed E-state index contributed by atoms with van der Waals surface area (Å²) in [6.45, 7) is 1.06. The van der Waals surface area contributed by atoms with E-state index in [0.29, 0.717) is 0 Å². The van der Waals surface area contributed by atoms with Crippen molar-refractivity contribution in [3.05, 3.63) is 11.0 Å². The smallest absolute Gasteiger partial charge is 0.267 e. The number of likely N-dealkylation sites (N-methyl/N-ethyl adjacent to an activating group) is 1. The van der Waals surface area contributed by atoms with Gasteiger partial charge in [0.2, 0.25) is 0 Å². The van der Waals surface area contributed by atoms with Crippen LogP contribution >= 0.6 is 11.8 Å². The van der Waals surface area contributed by atoms with Crippen LogP contribution in [0.1, 0.15) is 6.92 Å². The molecule has 1 saturated heterocycles. The monoisotopic (exact) mass is 422 g/mol. The lowest BCUT2D eigenvalue weighted by molar-refractivity contribution is -0.293. The van der Waals surface area contributed by atoms with Crippen LogP contribution in [-0.4, -0.2) is 111 Å². The van der Waals surface area contributed by atoms with Gasteiger partial charge in [-0.25, -0.2) is 0 Å². The molecule has 2 heterocycles. The molecule has 0 spiro atoms. The summed E-state index contributed by atoms with van der Waals surface area (Å²) in [5.74, 6) is -0.932. The van der Waals surface area contributed by atoms with E-state index >= 15 is 0 Å². The molecule has 1 fully saturated rings. The summed E-state index contributed by atoms with van der Waals surface area (Å²) in [7, 11) is 1.34. The second-order valence-electron chi connectivity index (χ2n) is 6.77. The number of nitrogens with two attached hydrogens (primary N) is 1. The van der Waals surface area contributed by atoms with Crippen molar-refractivity contribution in [2.75, 3.05) is 19.4 Å². The van der Waals surface area contributed by atoms with Gasteiger partial charge in [-0.2, -0.15) is 0 Å². The predicted molar refractivity (Wildman–Crippen MR) is 96.6 cm³/mol. The average molecular weight is 422 g/mol. The van der Waals surface area contributed by atoms with Crippen molar-refractivity contribution in [2.24, 2.45) is 5.73 Å². The Kier molecular flexibility index (Phi) is 7.96. The molecule has 28 heavy (non-hydrogen) atoms. The number of hydrogen-bond donors (Lipinski definition) is 6. The first-order chi connectivity index (χ1) is 13.0. The fourth-order valence-electron chi connectivity index (χ4n) is 2.67. The van der Waals surface area contributed by atoms with Crippen LogP contribution in [0, 0.1) is 0 Å². The van der Waals surface area contributed by atoms with Crippen molar-refractivity contribution in [3.63, 3.8) is 0 Å². The van der Waals surface area contributed by atoms with E-state index in [9.17, 15) is 35.1 Å². The van der Waals surface area contributed by atoms with E-state index in [-0.39, 0.29) is 17.3 Å². The number of rotatable bonds is 8. The molecule has 11 nitrogen and oxygen atoms in total. The highest BCUT2D eigenvalue weighted by atomic mass is 32.2. The summed E-state index contributed by atoms with van der Waals surface area (Å²) >= 11 is 0.966. The second-order valence-corrected chi connectivity index (χ2v) is 7.83. The predicted octanol–water partition coefficient (Wildman–Crippen LogP) is -3.50. The minimum Gasteiger partial charge on any atom is -0.391 e. The molecule has 2 amide bonds. The molecule has 0 aromatic carbocycles. The van der Waals surface area contributed by atoms with E-state index < -0.39 is 60.8 Å². The summed E-state index contributed by atoms with van der Waals surface area (Å²) in [6, 6.07) is -0.976. The van der Waals surface area contributed by atoms with Gasteiger partial charge in [0, 0.05) is 18.9 Å². The molecule has 160 valence electrons. The lowest BCUT2D eigenvalue weighted by atomic mass is 10.00. The molecule has 0 radical (unpaired) electrons. The molecule has 7 N–H and O–H groups in total. The summed E-state index contributed by atoms with van der Waals surface area (Å²) < 4.78 is 10.8. The first-order valence-electron chi connectivity index (χ1n) is 8.64. The largest absolute Gasteiger partial charge is 0.391 e. The van der Waals surface area contributed by atoms with E-state index in [2.05, 4.69) is 0 Å². The van der Waals surface area contributed by atoms with Gasteiger partial charge in [0.25, 0.3) is 11.8 Å². The zero-order valence-corrected chi connectivity index (χ0v) is 16.2. The Hall–Kier alpha value is -1.09. The number of amides is 2. The lowest BCUT2D eigenvalue weighted by Crippen LogP contribution is -2.59. The molecule has 2 aliphatic heterocycles. The van der Waals surface area contributed by atoms with Crippen LogP contribution < -0.4 is 5.73 Å². The van der Waals surface area contributed by atoms with E-state index in [0.717, 1.165) is 22.7 Å². The van der Waals surface area contributed by atoms with Gasteiger partial charge in [0.15, 0.2) is 6.29 Å². The van der Waals surface area contributed by atoms with Gasteiger partial charge in [0.05, 0.1) is 35.9 Å². The van der Waals surface area contributed by atoms with Gasteiger partial charge in [-0.05, 0) is 6.92 Å². The number of carbonyl (C=O) groups is 2. The molecule has 2 aliphatic rings. The fourth-order valence-corrected chi connectivity index (χ4v) is 3.73. The van der Waals surface area contributed by atoms with Gasteiger partial charge in [-0.3, -0.25) is 14.5 Å². The maximum atomic E-state index is 11.9. The minimum absolute atomic E-state index is 0.00581. The summed E-state index contributed by atoms with van der Waals surface area (Å²) in [6.07, 6.45) is -8.17. The van der Waals surface area contributed by atoms with Crippen molar-refractivity contribution in [2.45, 2.75) is 55.9 Å². The highest BCUT2D eigenvalue weighted by molar-refractivity contribution is 8.04. The molecule has 0 bridgehead atoms. The Bertz CT molecular complexity index is 617. The molecule has 12 heteroatoms. The summed E-state index contributed by atoms with van der Waals surface area (Å²) in [4.78, 5) is 24.5. The van der Waals surface area contributed by atoms with Gasteiger partial charge in [-0.15, -0.1) is 11.8 Å². The average Bonchev–Trinajstić information content (AvgIpc) is 2.90. The van der Waals surface area contributed by atoms with Crippen LogP contribution in [0.25, 0.3) is 0 Å². The number of nitrogens with zero attached hydrogens (tertiary/aromatic N) is 1. The highest BCUT2D eigenvalue weighted by Gasteiger charge is 2.45. The third-order valence-electron chi connectivity index (χ3n) is 4.56. The molecule has 0 aromatic rings. The van der Waals surface area contributed by atoms with Crippen molar-refractivity contribution in [1.29, 1.82) is 0 Å². The Balaban J connectivity index is 1.95. The van der Waals surface area contributed by atoms with Crippen molar-refractivity contribution < 1.29 is 44.6 Å². The van der Waals surface area contributed by atoms with Crippen LogP contribution in [0.4, 0.5) is 0 Å². The van der Waals surface area contributed by atoms with E-state index in [1.165, 1.54) is 14.0 Å². The van der Waals surface area contributed by atoms with Crippen molar-refractivity contribution in [1.82, 2.24) is 4.90 Å². The number of aliphatic hydroxyl groups is 5. The second kappa shape index (κ2) is 9.61. The molecule has 3 unspecified atom stereocenters. The Morgan fingerprint density at radius 2 is 1.89 bits per heavy atom. The van der Waals surface area contributed by atoms with Crippen LogP contribution in [-0.2, 0) is 19.1 Å². The number of aliphatic hydroxyl groups excluding tert-OH is 5. The lowest BCUT2D eigenvalue weighted by Gasteiger charge is -2.40. The third kappa shape index (κ3) is 5.09. The summed E-state index contributed by atoms with van der Waals surface area (Å²) in [5, 5.41) is 49.2. The minimum atomic E-state index is -1.58.